The molecule has 2 amide bonds. The van der Waals surface area contributed by atoms with Crippen molar-refractivity contribution in [3.8, 4) is 17.2 Å². The number of methoxy groups -OCH3 is 1. The van der Waals surface area contributed by atoms with E-state index in [1.807, 2.05) is 6.07 Å². The SMILES string of the molecule is CNC(=O)c1cc(Oc2ccc3c(C(=O)Nc4ccc(OC)c(F)c4)cccc3c2)ccn1. The molecule has 8 heteroatoms. The predicted octanol–water partition coefficient (Wildman–Crippen LogP) is 4.79. The minimum absolute atomic E-state index is 0.0994. The molecule has 4 aromatic rings. The van der Waals surface area contributed by atoms with Crippen LogP contribution in [-0.2, 0) is 0 Å². The van der Waals surface area contributed by atoms with Crippen molar-refractivity contribution in [1.82, 2.24) is 10.3 Å². The van der Waals surface area contributed by atoms with Gasteiger partial charge in [0, 0.05) is 36.6 Å². The van der Waals surface area contributed by atoms with Gasteiger partial charge in [0.15, 0.2) is 11.6 Å². The molecule has 0 bridgehead atoms. The molecular formula is C25H20FN3O4. The second-order valence-electron chi connectivity index (χ2n) is 7.05. The third kappa shape index (κ3) is 4.74. The number of aromatic nitrogens is 1. The van der Waals surface area contributed by atoms with Gasteiger partial charge in [0.05, 0.1) is 7.11 Å². The first-order valence-corrected chi connectivity index (χ1v) is 10.0. The van der Waals surface area contributed by atoms with E-state index in [2.05, 4.69) is 15.6 Å². The van der Waals surface area contributed by atoms with Crippen LogP contribution in [0.25, 0.3) is 10.8 Å². The number of halogens is 1. The third-order valence-electron chi connectivity index (χ3n) is 4.93. The van der Waals surface area contributed by atoms with Gasteiger partial charge in [-0.3, -0.25) is 14.6 Å². The lowest BCUT2D eigenvalue weighted by Crippen LogP contribution is -2.18. The zero-order valence-electron chi connectivity index (χ0n) is 17.9. The van der Waals surface area contributed by atoms with Crippen molar-refractivity contribution in [2.45, 2.75) is 0 Å². The largest absolute Gasteiger partial charge is 0.494 e. The summed E-state index contributed by atoms with van der Waals surface area (Å²) >= 11 is 0. The molecule has 3 aromatic carbocycles. The lowest BCUT2D eigenvalue weighted by Gasteiger charge is -2.11. The molecule has 33 heavy (non-hydrogen) atoms. The molecule has 0 unspecified atom stereocenters. The Labute approximate surface area is 189 Å². The van der Waals surface area contributed by atoms with E-state index in [0.29, 0.717) is 28.1 Å². The number of rotatable bonds is 6. The molecule has 0 aliphatic rings. The van der Waals surface area contributed by atoms with Crippen molar-refractivity contribution < 1.29 is 23.5 Å². The summed E-state index contributed by atoms with van der Waals surface area (Å²) in [5.41, 5.74) is 0.991. The fraction of sp³-hybridized carbons (Fsp3) is 0.0800. The van der Waals surface area contributed by atoms with Crippen molar-refractivity contribution in [2.75, 3.05) is 19.5 Å². The normalized spacial score (nSPS) is 10.5. The molecule has 0 saturated heterocycles. The van der Waals surface area contributed by atoms with Gasteiger partial charge in [0.1, 0.15) is 17.2 Å². The Hall–Kier alpha value is -4.46. The van der Waals surface area contributed by atoms with Gasteiger partial charge in [-0.15, -0.1) is 0 Å². The minimum atomic E-state index is -0.564. The fourth-order valence-corrected chi connectivity index (χ4v) is 3.33. The van der Waals surface area contributed by atoms with Gasteiger partial charge in [-0.1, -0.05) is 12.1 Å². The van der Waals surface area contributed by atoms with E-state index in [1.165, 1.54) is 32.5 Å². The Morgan fingerprint density at radius 2 is 1.76 bits per heavy atom. The molecule has 0 fully saturated rings. The quantitative estimate of drug-likeness (QED) is 0.446. The lowest BCUT2D eigenvalue weighted by molar-refractivity contribution is 0.0957. The summed E-state index contributed by atoms with van der Waals surface area (Å²) in [6.07, 6.45) is 1.49. The van der Waals surface area contributed by atoms with E-state index in [1.54, 1.807) is 48.5 Å². The van der Waals surface area contributed by atoms with Crippen LogP contribution in [0, 0.1) is 5.82 Å². The summed E-state index contributed by atoms with van der Waals surface area (Å²) in [5.74, 6) is -0.160. The molecule has 2 N–H and O–H groups in total. The van der Waals surface area contributed by atoms with E-state index < -0.39 is 5.82 Å². The standard InChI is InChI=1S/C25H20FN3O4/c1-27-25(31)22-14-18(10-11-28-22)33-17-7-8-19-15(12-17)4-3-5-20(19)24(30)29-16-6-9-23(32-2)21(26)13-16/h3-14H,1-2H3,(H,27,31)(H,29,30). The topological polar surface area (TPSA) is 89.5 Å². The molecular weight excluding hydrogens is 425 g/mol. The third-order valence-corrected chi connectivity index (χ3v) is 4.93. The zero-order valence-corrected chi connectivity index (χ0v) is 17.9. The monoisotopic (exact) mass is 445 g/mol. The zero-order chi connectivity index (χ0) is 23.4. The molecule has 0 saturated carbocycles. The Morgan fingerprint density at radius 1 is 0.939 bits per heavy atom. The Balaban J connectivity index is 1.58. The molecule has 7 nitrogen and oxygen atoms in total. The van der Waals surface area contributed by atoms with Crippen LogP contribution in [0.4, 0.5) is 10.1 Å². The summed E-state index contributed by atoms with van der Waals surface area (Å²) in [6, 6.07) is 18.0. The first-order valence-electron chi connectivity index (χ1n) is 10.0. The van der Waals surface area contributed by atoms with Gasteiger partial charge in [-0.25, -0.2) is 4.39 Å². The van der Waals surface area contributed by atoms with Crippen LogP contribution < -0.4 is 20.1 Å². The molecule has 0 atom stereocenters. The number of benzene rings is 3. The number of hydrogen-bond donors (Lipinski definition) is 2. The lowest BCUT2D eigenvalue weighted by atomic mass is 10.0. The van der Waals surface area contributed by atoms with Gasteiger partial charge >= 0.3 is 0 Å². The summed E-state index contributed by atoms with van der Waals surface area (Å²) in [6.45, 7) is 0. The number of nitrogens with zero attached hydrogens (tertiary/aromatic N) is 1. The highest BCUT2D eigenvalue weighted by Gasteiger charge is 2.13. The Morgan fingerprint density at radius 3 is 2.52 bits per heavy atom. The highest BCUT2D eigenvalue weighted by molar-refractivity contribution is 6.13. The van der Waals surface area contributed by atoms with Crippen molar-refractivity contribution in [3.05, 3.63) is 90.0 Å². The van der Waals surface area contributed by atoms with Gasteiger partial charge in [0.2, 0.25) is 0 Å². The summed E-state index contributed by atoms with van der Waals surface area (Å²) in [5, 5.41) is 6.71. The smallest absolute Gasteiger partial charge is 0.269 e. The molecule has 0 aliphatic carbocycles. The minimum Gasteiger partial charge on any atom is -0.494 e. The highest BCUT2D eigenvalue weighted by atomic mass is 19.1. The second-order valence-corrected chi connectivity index (χ2v) is 7.05. The summed E-state index contributed by atoms with van der Waals surface area (Å²) < 4.78 is 24.7. The number of carbonyl (C=O) groups excluding carboxylic acids is 2. The van der Waals surface area contributed by atoms with Gasteiger partial charge in [0.25, 0.3) is 11.8 Å². The van der Waals surface area contributed by atoms with E-state index in [9.17, 15) is 14.0 Å². The van der Waals surface area contributed by atoms with Crippen molar-refractivity contribution in [3.63, 3.8) is 0 Å². The summed E-state index contributed by atoms with van der Waals surface area (Å²) in [7, 11) is 2.90. The van der Waals surface area contributed by atoms with Crippen LogP contribution in [0.15, 0.2) is 72.9 Å². The van der Waals surface area contributed by atoms with E-state index >= 15 is 0 Å². The van der Waals surface area contributed by atoms with Gasteiger partial charge < -0.3 is 20.1 Å². The van der Waals surface area contributed by atoms with Gasteiger partial charge in [-0.05, 0) is 53.2 Å². The number of nitrogens with one attached hydrogen (secondary N) is 2. The number of fused-ring (bicyclic) bond motifs is 1. The second kappa shape index (κ2) is 9.35. The maximum atomic E-state index is 14.0. The maximum absolute atomic E-state index is 14.0. The maximum Gasteiger partial charge on any atom is 0.269 e. The molecule has 0 radical (unpaired) electrons. The fourth-order valence-electron chi connectivity index (χ4n) is 3.33. The van der Waals surface area contributed by atoms with Crippen LogP contribution in [-0.4, -0.2) is 31.0 Å². The molecule has 1 heterocycles. The van der Waals surface area contributed by atoms with E-state index in [-0.39, 0.29) is 23.3 Å². The number of pyridine rings is 1. The number of hydrogen-bond acceptors (Lipinski definition) is 5. The molecule has 0 spiro atoms. The van der Waals surface area contributed by atoms with Crippen molar-refractivity contribution >= 4 is 28.3 Å². The average molecular weight is 445 g/mol. The van der Waals surface area contributed by atoms with Crippen molar-refractivity contribution in [2.24, 2.45) is 0 Å². The van der Waals surface area contributed by atoms with Crippen LogP contribution in [0.1, 0.15) is 20.8 Å². The van der Waals surface area contributed by atoms with Crippen LogP contribution in [0.5, 0.6) is 17.2 Å². The van der Waals surface area contributed by atoms with Crippen LogP contribution in [0.3, 0.4) is 0 Å². The van der Waals surface area contributed by atoms with Crippen molar-refractivity contribution in [1.29, 1.82) is 0 Å². The van der Waals surface area contributed by atoms with Crippen LogP contribution in [0.2, 0.25) is 0 Å². The first kappa shape index (κ1) is 21.8. The summed E-state index contributed by atoms with van der Waals surface area (Å²) in [4.78, 5) is 28.7. The number of amides is 2. The number of anilines is 1. The first-order chi connectivity index (χ1) is 16.0. The molecule has 4 rings (SSSR count). The highest BCUT2D eigenvalue weighted by Crippen LogP contribution is 2.28. The Bertz CT molecular complexity index is 1360. The van der Waals surface area contributed by atoms with E-state index in [4.69, 9.17) is 9.47 Å². The average Bonchev–Trinajstić information content (AvgIpc) is 2.83. The Kier molecular flexibility index (Phi) is 6.17. The van der Waals surface area contributed by atoms with Crippen LogP contribution >= 0.6 is 0 Å². The van der Waals surface area contributed by atoms with Gasteiger partial charge in [-0.2, -0.15) is 0 Å². The molecule has 0 aliphatic heterocycles. The van der Waals surface area contributed by atoms with E-state index in [0.717, 1.165) is 5.39 Å². The number of carbonyl (C=O) groups is 2. The molecule has 1 aromatic heterocycles. The predicted molar refractivity (Wildman–Crippen MR) is 123 cm³/mol. The molecule has 166 valence electrons. The number of ether oxygens (including phenoxy) is 2.